The van der Waals surface area contributed by atoms with Crippen molar-refractivity contribution >= 4 is 15.9 Å². The van der Waals surface area contributed by atoms with E-state index in [1.165, 1.54) is 4.31 Å². The van der Waals surface area contributed by atoms with Gasteiger partial charge in [0, 0.05) is 13.1 Å². The zero-order chi connectivity index (χ0) is 23.5. The van der Waals surface area contributed by atoms with E-state index < -0.39 is 10.0 Å². The van der Waals surface area contributed by atoms with E-state index in [2.05, 4.69) is 25.2 Å². The van der Waals surface area contributed by atoms with Crippen LogP contribution in [0.15, 0.2) is 47.4 Å². The molecule has 32 heavy (non-hydrogen) atoms. The minimum absolute atomic E-state index is 0.105. The molecule has 1 saturated heterocycles. The number of nitrogens with one attached hydrogen (secondary N) is 1. The number of methoxy groups -OCH3 is 1. The molecule has 0 aromatic heterocycles. The lowest BCUT2D eigenvalue weighted by Gasteiger charge is -2.32. The second kappa shape index (κ2) is 10.0. The molecule has 2 aromatic carbocycles. The minimum Gasteiger partial charge on any atom is -0.496 e. The SMILES string of the molecule is COc1cc(C)c(C(C)NC(=O)C2CCCN(S(=O)(=O)c3ccccc3)C2)cc1C(C)C. The number of benzene rings is 2. The summed E-state index contributed by atoms with van der Waals surface area (Å²) in [4.78, 5) is 13.4. The normalized spacial score (nSPS) is 18.4. The van der Waals surface area contributed by atoms with Gasteiger partial charge in [0.15, 0.2) is 0 Å². The highest BCUT2D eigenvalue weighted by molar-refractivity contribution is 7.89. The number of carbonyl (C=O) groups is 1. The molecule has 174 valence electrons. The number of piperidine rings is 1. The van der Waals surface area contributed by atoms with Crippen molar-refractivity contribution in [3.05, 3.63) is 59.2 Å². The Morgan fingerprint density at radius 2 is 1.81 bits per heavy atom. The number of ether oxygens (including phenoxy) is 1. The molecule has 1 amide bonds. The van der Waals surface area contributed by atoms with Crippen LogP contribution < -0.4 is 10.1 Å². The van der Waals surface area contributed by atoms with E-state index in [9.17, 15) is 13.2 Å². The number of nitrogens with zero attached hydrogens (tertiary/aromatic N) is 1. The molecule has 1 N–H and O–H groups in total. The maximum Gasteiger partial charge on any atom is 0.243 e. The van der Waals surface area contributed by atoms with E-state index in [1.807, 2.05) is 19.9 Å². The molecule has 1 aliphatic heterocycles. The van der Waals surface area contributed by atoms with E-state index in [-0.39, 0.29) is 29.3 Å². The molecule has 0 bridgehead atoms. The number of carbonyl (C=O) groups excluding carboxylic acids is 1. The quantitative estimate of drug-likeness (QED) is 0.667. The minimum atomic E-state index is -3.60. The highest BCUT2D eigenvalue weighted by Gasteiger charge is 2.33. The number of rotatable bonds is 7. The van der Waals surface area contributed by atoms with Gasteiger partial charge in [-0.2, -0.15) is 4.31 Å². The zero-order valence-corrected chi connectivity index (χ0v) is 20.4. The molecule has 0 aliphatic carbocycles. The molecule has 3 rings (SSSR count). The second-order valence-electron chi connectivity index (χ2n) is 8.85. The van der Waals surface area contributed by atoms with Gasteiger partial charge < -0.3 is 10.1 Å². The first kappa shape index (κ1) is 24.3. The fraction of sp³-hybridized carbons (Fsp3) is 0.480. The summed E-state index contributed by atoms with van der Waals surface area (Å²) >= 11 is 0. The van der Waals surface area contributed by atoms with Gasteiger partial charge in [0.1, 0.15) is 5.75 Å². The first-order valence-corrected chi connectivity index (χ1v) is 12.6. The Morgan fingerprint density at radius 1 is 1.12 bits per heavy atom. The third-order valence-electron chi connectivity index (χ3n) is 6.20. The summed E-state index contributed by atoms with van der Waals surface area (Å²) < 4.78 is 32.9. The first-order chi connectivity index (χ1) is 15.1. The Labute approximate surface area is 192 Å². The highest BCUT2D eigenvalue weighted by atomic mass is 32.2. The predicted octanol–water partition coefficient (Wildman–Crippen LogP) is 4.41. The van der Waals surface area contributed by atoms with Crippen molar-refractivity contribution in [1.82, 2.24) is 9.62 Å². The van der Waals surface area contributed by atoms with Crippen molar-refractivity contribution in [3.8, 4) is 5.75 Å². The summed E-state index contributed by atoms with van der Waals surface area (Å²) in [6.45, 7) is 8.85. The average Bonchev–Trinajstić information content (AvgIpc) is 2.79. The second-order valence-corrected chi connectivity index (χ2v) is 10.8. The van der Waals surface area contributed by atoms with Crippen molar-refractivity contribution < 1.29 is 17.9 Å². The summed E-state index contributed by atoms with van der Waals surface area (Å²) in [6, 6.07) is 12.3. The molecule has 1 heterocycles. The van der Waals surface area contributed by atoms with Crippen LogP contribution in [-0.4, -0.2) is 38.8 Å². The van der Waals surface area contributed by atoms with E-state index >= 15 is 0 Å². The molecule has 0 spiro atoms. The van der Waals surface area contributed by atoms with E-state index in [1.54, 1.807) is 37.4 Å². The number of aryl methyl sites for hydroxylation is 1. The highest BCUT2D eigenvalue weighted by Crippen LogP contribution is 2.32. The van der Waals surface area contributed by atoms with Gasteiger partial charge in [-0.25, -0.2) is 8.42 Å². The molecular weight excluding hydrogens is 424 g/mol. The van der Waals surface area contributed by atoms with Crippen molar-refractivity contribution in [2.45, 2.75) is 57.4 Å². The zero-order valence-electron chi connectivity index (χ0n) is 19.6. The van der Waals surface area contributed by atoms with Gasteiger partial charge in [0.2, 0.25) is 15.9 Å². The summed E-state index contributed by atoms with van der Waals surface area (Å²) in [5, 5.41) is 3.12. The van der Waals surface area contributed by atoms with Crippen LogP contribution in [0.1, 0.15) is 62.3 Å². The van der Waals surface area contributed by atoms with Crippen molar-refractivity contribution in [3.63, 3.8) is 0 Å². The lowest BCUT2D eigenvalue weighted by molar-refractivity contribution is -0.126. The first-order valence-electron chi connectivity index (χ1n) is 11.2. The van der Waals surface area contributed by atoms with Crippen molar-refractivity contribution in [1.29, 1.82) is 0 Å². The van der Waals surface area contributed by atoms with Crippen LogP contribution in [0.2, 0.25) is 0 Å². The Balaban J connectivity index is 1.74. The largest absolute Gasteiger partial charge is 0.496 e. The Kier molecular flexibility index (Phi) is 7.62. The van der Waals surface area contributed by atoms with Gasteiger partial charge in [-0.05, 0) is 73.6 Å². The van der Waals surface area contributed by atoms with Gasteiger partial charge in [-0.1, -0.05) is 32.0 Å². The number of hydrogen-bond acceptors (Lipinski definition) is 4. The van der Waals surface area contributed by atoms with Crippen LogP contribution in [0.25, 0.3) is 0 Å². The Hall–Kier alpha value is -2.38. The molecule has 1 fully saturated rings. The van der Waals surface area contributed by atoms with Gasteiger partial charge in [0.05, 0.1) is 24.0 Å². The molecule has 0 saturated carbocycles. The van der Waals surface area contributed by atoms with E-state index in [0.717, 1.165) is 22.4 Å². The van der Waals surface area contributed by atoms with Gasteiger partial charge >= 0.3 is 0 Å². The molecule has 6 nitrogen and oxygen atoms in total. The molecule has 7 heteroatoms. The summed E-state index contributed by atoms with van der Waals surface area (Å²) in [5.41, 5.74) is 3.20. The van der Waals surface area contributed by atoms with Crippen LogP contribution in [0, 0.1) is 12.8 Å². The van der Waals surface area contributed by atoms with Crippen LogP contribution in [-0.2, 0) is 14.8 Å². The maximum atomic E-state index is 13.1. The monoisotopic (exact) mass is 458 g/mol. The van der Waals surface area contributed by atoms with Crippen LogP contribution in [0.3, 0.4) is 0 Å². The van der Waals surface area contributed by atoms with Gasteiger partial charge in [0.25, 0.3) is 0 Å². The van der Waals surface area contributed by atoms with Crippen molar-refractivity contribution in [2.24, 2.45) is 5.92 Å². The molecule has 0 radical (unpaired) electrons. The van der Waals surface area contributed by atoms with E-state index in [4.69, 9.17) is 4.74 Å². The molecule has 2 atom stereocenters. The standard InChI is InChI=1S/C25H34N2O4S/c1-17(2)22-15-23(18(3)14-24(22)31-5)19(4)26-25(28)20-10-9-13-27(16-20)32(29,30)21-11-7-6-8-12-21/h6-8,11-12,14-15,17,19-20H,9-10,13,16H2,1-5H3,(H,26,28). The summed E-state index contributed by atoms with van der Waals surface area (Å²) in [6.07, 6.45) is 1.34. The number of amides is 1. The summed E-state index contributed by atoms with van der Waals surface area (Å²) in [5.74, 6) is 0.677. The topological polar surface area (TPSA) is 75.7 Å². The molecule has 2 unspecified atom stereocenters. The predicted molar refractivity (Wildman–Crippen MR) is 126 cm³/mol. The van der Waals surface area contributed by atoms with E-state index in [0.29, 0.717) is 25.3 Å². The van der Waals surface area contributed by atoms with Crippen LogP contribution in [0.5, 0.6) is 5.75 Å². The Morgan fingerprint density at radius 3 is 2.44 bits per heavy atom. The van der Waals surface area contributed by atoms with Gasteiger partial charge in [-0.15, -0.1) is 0 Å². The average molecular weight is 459 g/mol. The lowest BCUT2D eigenvalue weighted by Crippen LogP contribution is -2.45. The maximum absolute atomic E-state index is 13.1. The Bertz CT molecular complexity index is 1050. The third-order valence-corrected chi connectivity index (χ3v) is 8.08. The lowest BCUT2D eigenvalue weighted by atomic mass is 9.92. The number of sulfonamides is 1. The fourth-order valence-corrected chi connectivity index (χ4v) is 5.88. The smallest absolute Gasteiger partial charge is 0.243 e. The van der Waals surface area contributed by atoms with Crippen LogP contribution in [0.4, 0.5) is 0 Å². The molecule has 1 aliphatic rings. The van der Waals surface area contributed by atoms with Gasteiger partial charge in [-0.3, -0.25) is 4.79 Å². The molecular formula is C25H34N2O4S. The number of hydrogen-bond donors (Lipinski definition) is 1. The van der Waals surface area contributed by atoms with Crippen molar-refractivity contribution in [2.75, 3.05) is 20.2 Å². The third kappa shape index (κ3) is 5.15. The molecule has 2 aromatic rings. The van der Waals surface area contributed by atoms with Crippen LogP contribution >= 0.6 is 0 Å². The fourth-order valence-electron chi connectivity index (χ4n) is 4.34. The summed E-state index contributed by atoms with van der Waals surface area (Å²) in [7, 11) is -1.93.